The Balaban J connectivity index is 1.20. The molecule has 0 N–H and O–H groups in total. The van der Waals surface area contributed by atoms with Crippen molar-refractivity contribution in [1.29, 1.82) is 0 Å². The molecular weight excluding hydrogens is 713 g/mol. The zero-order valence-corrected chi connectivity index (χ0v) is 30.9. The maximum Gasteiger partial charge on any atom is 0.411 e. The Kier molecular flexibility index (Phi) is 9.58. The largest absolute Gasteiger partial charge is 0.444 e. The van der Waals surface area contributed by atoms with Gasteiger partial charge in [-0.2, -0.15) is 0 Å². The fourth-order valence-corrected chi connectivity index (χ4v) is 8.86. The van der Waals surface area contributed by atoms with Crippen LogP contribution in [0.4, 0.5) is 9.59 Å². The standard InChI is InChI=1S/C37H36N2O11S2/c1-36(2,3)49-34(47)38-11-13-51-32(38)30(45)23-26(41)19-9-7-17(15-21(19)28(23)43)25(40)18-8-10-20-22(16-18)29(44)24(27(20)42)31(46)33-39(12-14-52-33)35(48)50-37(4,5)6/h7-10,15-16,23-24,32-33H,11-14H2,1-6H3. The number of ether oxygens (including phenoxy) is 2. The van der Waals surface area contributed by atoms with Crippen molar-refractivity contribution in [3.05, 3.63) is 69.8 Å². The first kappa shape index (κ1) is 37.1. The molecule has 4 aliphatic rings. The van der Waals surface area contributed by atoms with Crippen LogP contribution in [0, 0.1) is 11.8 Å². The summed E-state index contributed by atoms with van der Waals surface area (Å²) in [6.45, 7) is 10.5. The SMILES string of the molecule is CC(C)(C)OC(=O)N1CCSC1C(=O)C1C(=O)c2ccc(C(=O)c3ccc4c(c3)C(=O)C(C(=O)C3SCCN3C(=O)OC(C)(C)C)C4=O)cc2C1=O. The first-order chi connectivity index (χ1) is 24.3. The van der Waals surface area contributed by atoms with Crippen LogP contribution in [0.15, 0.2) is 36.4 Å². The van der Waals surface area contributed by atoms with E-state index in [0.29, 0.717) is 11.5 Å². The van der Waals surface area contributed by atoms with E-state index in [-0.39, 0.29) is 46.5 Å². The molecule has 0 radical (unpaired) electrons. The highest BCUT2D eigenvalue weighted by Gasteiger charge is 2.51. The molecule has 2 aliphatic carbocycles. The van der Waals surface area contributed by atoms with E-state index in [1.807, 2.05) is 0 Å². The summed E-state index contributed by atoms with van der Waals surface area (Å²) >= 11 is 2.26. The summed E-state index contributed by atoms with van der Waals surface area (Å²) in [6.07, 6.45) is -1.46. The lowest BCUT2D eigenvalue weighted by Crippen LogP contribution is -2.46. The summed E-state index contributed by atoms with van der Waals surface area (Å²) in [6, 6.07) is 7.66. The first-order valence-electron chi connectivity index (χ1n) is 16.6. The fraction of sp³-hybridized carbons (Fsp3) is 0.432. The molecule has 6 rings (SSSR count). The predicted octanol–water partition coefficient (Wildman–Crippen LogP) is 4.67. The Hall–Kier alpha value is -4.63. The lowest BCUT2D eigenvalue weighted by molar-refractivity contribution is -0.123. The molecule has 2 fully saturated rings. The van der Waals surface area contributed by atoms with Gasteiger partial charge in [0.05, 0.1) is 0 Å². The van der Waals surface area contributed by atoms with Crippen molar-refractivity contribution in [1.82, 2.24) is 9.80 Å². The Morgan fingerprint density at radius 2 is 0.923 bits per heavy atom. The van der Waals surface area contributed by atoms with Gasteiger partial charge in [-0.3, -0.25) is 43.4 Å². The second-order valence-electron chi connectivity index (χ2n) is 14.8. The minimum atomic E-state index is -1.69. The lowest BCUT2D eigenvalue weighted by atomic mass is 9.96. The summed E-state index contributed by atoms with van der Waals surface area (Å²) in [4.78, 5) is 123. The quantitative estimate of drug-likeness (QED) is 0.294. The van der Waals surface area contributed by atoms with Gasteiger partial charge < -0.3 is 9.47 Å². The van der Waals surface area contributed by atoms with Gasteiger partial charge in [0.15, 0.2) is 40.5 Å². The van der Waals surface area contributed by atoms with E-state index in [4.69, 9.17) is 9.47 Å². The van der Waals surface area contributed by atoms with Gasteiger partial charge in [-0.25, -0.2) is 9.59 Å². The van der Waals surface area contributed by atoms with Gasteiger partial charge in [-0.1, -0.05) is 12.1 Å². The second-order valence-corrected chi connectivity index (χ2v) is 17.1. The summed E-state index contributed by atoms with van der Waals surface area (Å²) in [5, 5.41) is -2.20. The average molecular weight is 749 g/mol. The van der Waals surface area contributed by atoms with Crippen LogP contribution in [0.5, 0.6) is 0 Å². The molecule has 2 aromatic carbocycles. The summed E-state index contributed by atoms with van der Waals surface area (Å²) in [7, 11) is 0. The lowest BCUT2D eigenvalue weighted by Gasteiger charge is -2.28. The van der Waals surface area contributed by atoms with Crippen molar-refractivity contribution in [2.24, 2.45) is 11.8 Å². The van der Waals surface area contributed by atoms with Gasteiger partial charge in [0.2, 0.25) is 0 Å². The second kappa shape index (κ2) is 13.4. The molecule has 15 heteroatoms. The number of Topliss-reactive ketones (excluding diaryl/α,β-unsaturated/α-hetero) is 6. The van der Waals surface area contributed by atoms with Crippen molar-refractivity contribution in [2.75, 3.05) is 24.6 Å². The smallest absolute Gasteiger partial charge is 0.411 e. The number of amides is 2. The number of rotatable bonds is 6. The molecule has 2 aliphatic heterocycles. The van der Waals surface area contributed by atoms with Crippen LogP contribution < -0.4 is 0 Å². The summed E-state index contributed by atoms with van der Waals surface area (Å²) in [5.74, 6) is -7.75. The number of benzene rings is 2. The Bertz CT molecular complexity index is 1850. The van der Waals surface area contributed by atoms with Crippen LogP contribution in [0.3, 0.4) is 0 Å². The number of carbonyl (C=O) groups excluding carboxylic acids is 9. The van der Waals surface area contributed by atoms with E-state index in [9.17, 15) is 43.2 Å². The van der Waals surface area contributed by atoms with E-state index in [1.165, 1.54) is 46.2 Å². The average Bonchev–Trinajstić information content (AvgIpc) is 3.84. The molecule has 2 aromatic rings. The number of hydrogen-bond donors (Lipinski definition) is 0. The van der Waals surface area contributed by atoms with Crippen LogP contribution in [0.25, 0.3) is 0 Å². The normalized spacial score (nSPS) is 22.8. The monoisotopic (exact) mass is 748 g/mol. The van der Waals surface area contributed by atoms with Gasteiger partial charge in [0.25, 0.3) is 0 Å². The first-order valence-corrected chi connectivity index (χ1v) is 18.7. The molecule has 4 atom stereocenters. The predicted molar refractivity (Wildman–Crippen MR) is 189 cm³/mol. The van der Waals surface area contributed by atoms with Gasteiger partial charge in [0, 0.05) is 58.0 Å². The van der Waals surface area contributed by atoms with Gasteiger partial charge in [-0.15, -0.1) is 23.5 Å². The minimum Gasteiger partial charge on any atom is -0.444 e. The van der Waals surface area contributed by atoms with E-state index in [1.54, 1.807) is 41.5 Å². The molecule has 0 bridgehead atoms. The molecule has 2 amide bonds. The minimum absolute atomic E-state index is 0.0154. The van der Waals surface area contributed by atoms with Gasteiger partial charge in [0.1, 0.15) is 33.8 Å². The highest BCUT2D eigenvalue weighted by atomic mass is 32.2. The third-order valence-corrected chi connectivity index (χ3v) is 11.2. The third-order valence-electron chi connectivity index (χ3n) is 8.77. The van der Waals surface area contributed by atoms with Crippen LogP contribution in [0.2, 0.25) is 0 Å². The zero-order chi connectivity index (χ0) is 38.0. The number of fused-ring (bicyclic) bond motifs is 2. The Morgan fingerprint density at radius 1 is 0.577 bits per heavy atom. The van der Waals surface area contributed by atoms with Crippen molar-refractivity contribution in [3.8, 4) is 0 Å². The summed E-state index contributed by atoms with van der Waals surface area (Å²) in [5.41, 5.74) is -1.99. The zero-order valence-electron chi connectivity index (χ0n) is 29.3. The van der Waals surface area contributed by atoms with Crippen LogP contribution >= 0.6 is 23.5 Å². The maximum atomic E-state index is 13.7. The Morgan fingerprint density at radius 3 is 1.27 bits per heavy atom. The maximum absolute atomic E-state index is 13.7. The van der Waals surface area contributed by atoms with E-state index in [2.05, 4.69) is 0 Å². The highest BCUT2D eigenvalue weighted by Crippen LogP contribution is 2.37. The van der Waals surface area contributed by atoms with Crippen molar-refractivity contribution >= 4 is 76.2 Å². The van der Waals surface area contributed by atoms with Gasteiger partial charge in [-0.05, 0) is 65.8 Å². The van der Waals surface area contributed by atoms with Crippen LogP contribution in [0.1, 0.15) is 98.9 Å². The van der Waals surface area contributed by atoms with Gasteiger partial charge >= 0.3 is 12.2 Å². The van der Waals surface area contributed by atoms with E-state index >= 15 is 0 Å². The molecular formula is C37H36N2O11S2. The number of ketones is 7. The molecule has 0 saturated carbocycles. The van der Waals surface area contributed by atoms with Crippen LogP contribution in [-0.2, 0) is 19.1 Å². The molecule has 4 unspecified atom stereocenters. The Labute approximate surface area is 307 Å². The number of nitrogens with zero attached hydrogens (tertiary/aromatic N) is 2. The summed E-state index contributed by atoms with van der Waals surface area (Å²) < 4.78 is 10.8. The molecule has 52 heavy (non-hydrogen) atoms. The molecule has 13 nitrogen and oxygen atoms in total. The molecule has 0 aromatic heterocycles. The molecule has 2 saturated heterocycles. The van der Waals surface area contributed by atoms with Crippen molar-refractivity contribution in [2.45, 2.75) is 63.5 Å². The van der Waals surface area contributed by atoms with E-state index in [0.717, 1.165) is 23.5 Å². The molecule has 2 heterocycles. The molecule has 272 valence electrons. The van der Waals surface area contributed by atoms with Crippen LogP contribution in [-0.4, -0.2) is 109 Å². The topological polar surface area (TPSA) is 179 Å². The number of thioether (sulfide) groups is 2. The third kappa shape index (κ3) is 6.71. The van der Waals surface area contributed by atoms with Crippen molar-refractivity contribution in [3.63, 3.8) is 0 Å². The highest BCUT2D eigenvalue weighted by molar-refractivity contribution is 8.01. The van der Waals surface area contributed by atoms with E-state index < -0.39 is 86.5 Å². The van der Waals surface area contributed by atoms with Crippen molar-refractivity contribution < 1.29 is 52.6 Å². The number of hydrogen-bond acceptors (Lipinski definition) is 13. The fourth-order valence-electron chi connectivity index (χ4n) is 6.46. The number of carbonyl (C=O) groups is 9. The molecule has 0 spiro atoms.